The second kappa shape index (κ2) is 8.19. The molecule has 0 heterocycles. The van der Waals surface area contributed by atoms with E-state index in [2.05, 4.69) is 0 Å². The lowest BCUT2D eigenvalue weighted by Crippen LogP contribution is -2.60. The molecule has 5 nitrogen and oxygen atoms in total. The van der Waals surface area contributed by atoms with Crippen molar-refractivity contribution in [1.29, 1.82) is 0 Å². The Kier molecular flexibility index (Phi) is 7.82. The lowest BCUT2D eigenvalue weighted by atomic mass is 10.5. The Morgan fingerprint density at radius 2 is 0.613 bits per heavy atom. The summed E-state index contributed by atoms with van der Waals surface area (Å²) in [5.74, 6) is 0. The van der Waals surface area contributed by atoms with Crippen LogP contribution < -0.4 is 0 Å². The molecule has 188 valence electrons. The molecule has 0 rings (SSSR count). The summed E-state index contributed by atoms with van der Waals surface area (Å²) in [5.41, 5.74) is 0. The van der Waals surface area contributed by atoms with Crippen LogP contribution in [0.15, 0.2) is 0 Å². The van der Waals surface area contributed by atoms with Crippen LogP contribution in [0.1, 0.15) is 0 Å². The van der Waals surface area contributed by atoms with E-state index >= 15 is 0 Å². The van der Waals surface area contributed by atoms with E-state index in [9.17, 15) is 74.6 Å². The Morgan fingerprint density at radius 1 is 0.387 bits per heavy atom. The molecule has 0 unspecified atom stereocenters. The maximum absolute atomic E-state index is 13.0. The van der Waals surface area contributed by atoms with Gasteiger partial charge in [0.1, 0.15) is 6.61 Å². The average molecular weight is 514 g/mol. The molecule has 0 aromatic heterocycles. The summed E-state index contributed by atoms with van der Waals surface area (Å²) >= 11 is 0. The van der Waals surface area contributed by atoms with Crippen LogP contribution in [0, 0.1) is 0 Å². The highest BCUT2D eigenvalue weighted by atomic mass is 19.4. The number of ether oxygens (including phenoxy) is 4. The van der Waals surface area contributed by atoms with Gasteiger partial charge in [0.15, 0.2) is 0 Å². The van der Waals surface area contributed by atoms with Gasteiger partial charge in [-0.25, -0.2) is 18.9 Å². The van der Waals surface area contributed by atoms with Gasteiger partial charge >= 0.3 is 49.1 Å². The van der Waals surface area contributed by atoms with Crippen molar-refractivity contribution in [3.8, 4) is 0 Å². The highest BCUT2D eigenvalue weighted by Gasteiger charge is 2.77. The predicted molar refractivity (Wildman–Crippen MR) is 52.1 cm³/mol. The van der Waals surface area contributed by atoms with Gasteiger partial charge in [0.25, 0.3) is 0 Å². The molecule has 0 spiro atoms. The number of hydrogen-bond donors (Lipinski definition) is 1. The molecule has 0 bridgehead atoms. The Bertz CT molecular complexity index is 614. The molecule has 0 aromatic rings. The zero-order chi connectivity index (χ0) is 25.5. The van der Waals surface area contributed by atoms with Gasteiger partial charge in [0, 0.05) is 0 Å². The second-order valence-electron chi connectivity index (χ2n) is 4.75. The van der Waals surface area contributed by atoms with Crippen LogP contribution in [-0.4, -0.2) is 60.8 Å². The smallest absolute Gasteiger partial charge is 0.387 e. The van der Waals surface area contributed by atoms with Crippen LogP contribution in [0.5, 0.6) is 0 Å². The average Bonchev–Trinajstić information content (AvgIpc) is 2.40. The number of hydrogen-bond acceptors (Lipinski definition) is 5. The van der Waals surface area contributed by atoms with Gasteiger partial charge in [-0.15, -0.1) is 13.2 Å². The monoisotopic (exact) mass is 514 g/mol. The molecule has 0 aliphatic rings. The molecule has 31 heavy (non-hydrogen) atoms. The van der Waals surface area contributed by atoms with E-state index in [4.69, 9.17) is 5.11 Å². The first-order valence-electron chi connectivity index (χ1n) is 6.27. The van der Waals surface area contributed by atoms with Crippen LogP contribution >= 0.6 is 0 Å². The molecule has 1 N–H and O–H groups in total. The van der Waals surface area contributed by atoms with E-state index in [1.807, 2.05) is 4.74 Å². The Labute approximate surface area is 156 Å². The minimum absolute atomic E-state index is 1.35. The number of aliphatic hydroxyl groups is 1. The number of rotatable bonds is 11. The van der Waals surface area contributed by atoms with Gasteiger partial charge < -0.3 is 5.11 Å². The number of alkyl halides is 17. The first-order chi connectivity index (χ1) is 13.1. The summed E-state index contributed by atoms with van der Waals surface area (Å²) in [5, 5.41) is 7.84. The van der Waals surface area contributed by atoms with Gasteiger partial charge in [0.2, 0.25) is 0 Å². The van der Waals surface area contributed by atoms with Crippen LogP contribution in [0.2, 0.25) is 0 Å². The number of halogens is 17. The van der Waals surface area contributed by atoms with Crippen molar-refractivity contribution >= 4 is 0 Å². The molecule has 0 aliphatic carbocycles. The highest BCUT2D eigenvalue weighted by Crippen LogP contribution is 2.51. The van der Waals surface area contributed by atoms with Crippen LogP contribution in [0.25, 0.3) is 0 Å². The van der Waals surface area contributed by atoms with E-state index in [0.29, 0.717) is 0 Å². The minimum atomic E-state index is -7.58. The van der Waals surface area contributed by atoms with Crippen molar-refractivity contribution in [2.24, 2.45) is 0 Å². The van der Waals surface area contributed by atoms with Gasteiger partial charge in [0.05, 0.1) is 0 Å². The van der Waals surface area contributed by atoms with Gasteiger partial charge in [-0.3, -0.25) is 0 Å². The standard InChI is InChI=1S/C9H3F17O5/c10-2(11,1-27)28-3(12,13)4(14,15)29-5(16,17)6(18,19)30-7(20,21)8(22,23)31-9(24,25)26/h27H,1H2. The minimum Gasteiger partial charge on any atom is -0.387 e. The van der Waals surface area contributed by atoms with E-state index < -0.39 is 55.7 Å². The summed E-state index contributed by atoms with van der Waals surface area (Å²) in [6.45, 7) is -2.82. The van der Waals surface area contributed by atoms with Crippen molar-refractivity contribution in [1.82, 2.24) is 0 Å². The molecular weight excluding hydrogens is 511 g/mol. The highest BCUT2D eigenvalue weighted by molar-refractivity contribution is 4.79. The number of aliphatic hydroxyl groups excluding tert-OH is 1. The largest absolute Gasteiger partial charge is 0.527 e. The topological polar surface area (TPSA) is 57.2 Å². The fourth-order valence-corrected chi connectivity index (χ4v) is 1.04. The van der Waals surface area contributed by atoms with Crippen LogP contribution in [-0.2, 0) is 18.9 Å². The normalized spacial score (nSPS) is 16.1. The molecule has 0 fully saturated rings. The molecule has 0 saturated carbocycles. The summed E-state index contributed by atoms with van der Waals surface area (Å²) < 4.78 is 219. The van der Waals surface area contributed by atoms with Crippen LogP contribution in [0.3, 0.4) is 0 Å². The molecule has 0 aromatic carbocycles. The zero-order valence-corrected chi connectivity index (χ0v) is 13.2. The summed E-state index contributed by atoms with van der Waals surface area (Å²) in [6.07, 6.45) is -56.5. The SMILES string of the molecule is OCC(F)(F)OC(F)(F)C(F)(F)OC(F)(F)C(F)(F)OC(F)(F)C(F)(F)OC(F)(F)F. The molecule has 22 heteroatoms. The Hall–Kier alpha value is -1.39. The first kappa shape index (κ1) is 29.6. The lowest BCUT2D eigenvalue weighted by molar-refractivity contribution is -0.580. The van der Waals surface area contributed by atoms with Crippen molar-refractivity contribution in [2.45, 2.75) is 49.1 Å². The van der Waals surface area contributed by atoms with E-state index in [1.54, 1.807) is 0 Å². The van der Waals surface area contributed by atoms with E-state index in [0.717, 1.165) is 0 Å². The Balaban J connectivity index is 5.79. The quantitative estimate of drug-likeness (QED) is 0.405. The summed E-state index contributed by atoms with van der Waals surface area (Å²) in [4.78, 5) is 0. The van der Waals surface area contributed by atoms with Crippen molar-refractivity contribution in [3.63, 3.8) is 0 Å². The second-order valence-corrected chi connectivity index (χ2v) is 4.75. The zero-order valence-electron chi connectivity index (χ0n) is 13.2. The molecular formula is C9H3F17O5. The first-order valence-corrected chi connectivity index (χ1v) is 6.27. The van der Waals surface area contributed by atoms with Crippen LogP contribution in [0.4, 0.5) is 74.6 Å². The van der Waals surface area contributed by atoms with E-state index in [1.165, 1.54) is 14.2 Å². The third kappa shape index (κ3) is 7.32. The third-order valence-electron chi connectivity index (χ3n) is 2.23. The van der Waals surface area contributed by atoms with Gasteiger partial charge in [-0.1, -0.05) is 0 Å². The van der Waals surface area contributed by atoms with E-state index in [-0.39, 0.29) is 0 Å². The fourth-order valence-electron chi connectivity index (χ4n) is 1.04. The van der Waals surface area contributed by atoms with Crippen molar-refractivity contribution in [2.75, 3.05) is 6.61 Å². The maximum atomic E-state index is 13.0. The van der Waals surface area contributed by atoms with Gasteiger partial charge in [-0.2, -0.15) is 61.5 Å². The molecule has 0 atom stereocenters. The summed E-state index contributed by atoms with van der Waals surface area (Å²) in [7, 11) is 0. The fraction of sp³-hybridized carbons (Fsp3) is 1.00. The third-order valence-corrected chi connectivity index (χ3v) is 2.23. The molecule has 0 saturated heterocycles. The molecule has 0 amide bonds. The maximum Gasteiger partial charge on any atom is 0.527 e. The van der Waals surface area contributed by atoms with Gasteiger partial charge in [-0.05, 0) is 0 Å². The molecule has 0 radical (unpaired) electrons. The molecule has 0 aliphatic heterocycles. The Morgan fingerprint density at radius 3 is 0.839 bits per heavy atom. The lowest BCUT2D eigenvalue weighted by Gasteiger charge is -2.35. The predicted octanol–water partition coefficient (Wildman–Crippen LogP) is 4.71. The van der Waals surface area contributed by atoms with Crippen molar-refractivity contribution < 1.29 is 98.7 Å². The van der Waals surface area contributed by atoms with Crippen molar-refractivity contribution in [3.05, 3.63) is 0 Å². The summed E-state index contributed by atoms with van der Waals surface area (Å²) in [6, 6.07) is 0.